The Morgan fingerprint density at radius 2 is 1.45 bits per heavy atom. The van der Waals surface area contributed by atoms with Crippen molar-refractivity contribution in [2.75, 3.05) is 42.8 Å². The van der Waals surface area contributed by atoms with Crippen LogP contribution in [0.1, 0.15) is 30.6 Å². The van der Waals surface area contributed by atoms with Crippen LogP contribution in [0.15, 0.2) is 48.5 Å². The first-order chi connectivity index (χ1) is 14.9. The van der Waals surface area contributed by atoms with Gasteiger partial charge in [-0.2, -0.15) is 0 Å². The number of carbonyl (C=O) groups is 3. The van der Waals surface area contributed by atoms with Crippen LogP contribution in [0.3, 0.4) is 0 Å². The lowest BCUT2D eigenvalue weighted by Crippen LogP contribution is -2.25. The highest BCUT2D eigenvalue weighted by Gasteiger charge is 2.08. The highest BCUT2D eigenvalue weighted by Crippen LogP contribution is 2.15. The van der Waals surface area contributed by atoms with Gasteiger partial charge in [-0.1, -0.05) is 13.8 Å². The van der Waals surface area contributed by atoms with Crippen molar-refractivity contribution in [2.45, 2.75) is 20.3 Å². The molecule has 0 heterocycles. The highest BCUT2D eigenvalue weighted by molar-refractivity contribution is 5.96. The van der Waals surface area contributed by atoms with Crippen LogP contribution >= 0.6 is 0 Å². The molecule has 0 bridgehead atoms. The fraction of sp³-hybridized carbons (Fsp3) is 0.348. The molecule has 166 valence electrons. The highest BCUT2D eigenvalue weighted by atomic mass is 16.5. The van der Waals surface area contributed by atoms with Crippen molar-refractivity contribution in [3.05, 3.63) is 54.1 Å². The number of rotatable bonds is 11. The zero-order valence-corrected chi connectivity index (χ0v) is 18.2. The number of benzene rings is 2. The molecule has 0 fully saturated rings. The standard InChI is InChI=1S/C23H30N4O4/c1-16(2)22(29)27-20-11-9-18(10-12-20)25-15-21(28)26-19-7-5-17(6-8-19)23(30)24-13-4-14-31-3/h5-12,16,25H,4,13-15H2,1-3H3,(H,24,30)(H,26,28)(H,27,29). The quantitative estimate of drug-likeness (QED) is 0.413. The number of methoxy groups -OCH3 is 1. The lowest BCUT2D eigenvalue weighted by atomic mass is 10.2. The molecule has 0 aliphatic carbocycles. The predicted octanol–water partition coefficient (Wildman–Crippen LogP) is 3.10. The maximum absolute atomic E-state index is 12.2. The molecule has 4 N–H and O–H groups in total. The summed E-state index contributed by atoms with van der Waals surface area (Å²) in [6.45, 7) is 4.88. The van der Waals surface area contributed by atoms with Crippen molar-refractivity contribution < 1.29 is 19.1 Å². The van der Waals surface area contributed by atoms with Crippen molar-refractivity contribution >= 4 is 34.8 Å². The monoisotopic (exact) mass is 426 g/mol. The molecule has 0 unspecified atom stereocenters. The normalized spacial score (nSPS) is 10.5. The van der Waals surface area contributed by atoms with E-state index >= 15 is 0 Å². The maximum atomic E-state index is 12.2. The molecule has 0 atom stereocenters. The molecule has 0 spiro atoms. The van der Waals surface area contributed by atoms with Crippen LogP contribution < -0.4 is 21.3 Å². The molecule has 0 saturated carbocycles. The lowest BCUT2D eigenvalue weighted by Gasteiger charge is -2.10. The van der Waals surface area contributed by atoms with Gasteiger partial charge in [0.2, 0.25) is 11.8 Å². The average molecular weight is 427 g/mol. The molecule has 8 nitrogen and oxygen atoms in total. The SMILES string of the molecule is COCCCNC(=O)c1ccc(NC(=O)CNc2ccc(NC(=O)C(C)C)cc2)cc1. The summed E-state index contributed by atoms with van der Waals surface area (Å²) in [4.78, 5) is 35.9. The van der Waals surface area contributed by atoms with Gasteiger partial charge < -0.3 is 26.0 Å². The molecule has 2 aromatic carbocycles. The Morgan fingerprint density at radius 3 is 2.06 bits per heavy atom. The van der Waals surface area contributed by atoms with Gasteiger partial charge in [0.05, 0.1) is 6.54 Å². The number of ether oxygens (including phenoxy) is 1. The zero-order chi connectivity index (χ0) is 22.6. The molecule has 2 aromatic rings. The van der Waals surface area contributed by atoms with E-state index in [4.69, 9.17) is 4.74 Å². The minimum absolute atomic E-state index is 0.0466. The number of hydrogen-bond acceptors (Lipinski definition) is 5. The van der Waals surface area contributed by atoms with E-state index in [0.717, 1.165) is 12.1 Å². The smallest absolute Gasteiger partial charge is 0.251 e. The fourth-order valence-corrected chi connectivity index (χ4v) is 2.57. The molecule has 2 rings (SSSR count). The van der Waals surface area contributed by atoms with E-state index in [1.54, 1.807) is 55.6 Å². The van der Waals surface area contributed by atoms with Crippen LogP contribution in [0.2, 0.25) is 0 Å². The van der Waals surface area contributed by atoms with E-state index < -0.39 is 0 Å². The van der Waals surface area contributed by atoms with Gasteiger partial charge in [-0.3, -0.25) is 14.4 Å². The average Bonchev–Trinajstić information content (AvgIpc) is 2.76. The van der Waals surface area contributed by atoms with Crippen molar-refractivity contribution in [1.82, 2.24) is 5.32 Å². The number of nitrogens with one attached hydrogen (secondary N) is 4. The minimum atomic E-state index is -0.214. The third kappa shape index (κ3) is 8.47. The first kappa shape index (κ1) is 23.9. The molecule has 0 aromatic heterocycles. The molecular weight excluding hydrogens is 396 g/mol. The van der Waals surface area contributed by atoms with Crippen LogP contribution in [0.25, 0.3) is 0 Å². The summed E-state index contributed by atoms with van der Waals surface area (Å²) in [6, 6.07) is 13.9. The Morgan fingerprint density at radius 1 is 0.871 bits per heavy atom. The Labute approximate surface area is 182 Å². The summed E-state index contributed by atoms with van der Waals surface area (Å²) in [5, 5.41) is 11.4. The molecular formula is C23H30N4O4. The first-order valence-corrected chi connectivity index (χ1v) is 10.2. The summed E-state index contributed by atoms with van der Waals surface area (Å²) >= 11 is 0. The predicted molar refractivity (Wildman–Crippen MR) is 122 cm³/mol. The number of amides is 3. The summed E-state index contributed by atoms with van der Waals surface area (Å²) in [5.41, 5.74) is 2.60. The van der Waals surface area contributed by atoms with Gasteiger partial charge in [-0.15, -0.1) is 0 Å². The Balaban J connectivity index is 1.77. The zero-order valence-electron chi connectivity index (χ0n) is 18.2. The van der Waals surface area contributed by atoms with E-state index in [0.29, 0.717) is 30.1 Å². The molecule has 3 amide bonds. The summed E-state index contributed by atoms with van der Waals surface area (Å²) in [6.07, 6.45) is 0.749. The largest absolute Gasteiger partial charge is 0.385 e. The summed E-state index contributed by atoms with van der Waals surface area (Å²) in [5.74, 6) is -0.516. The number of carbonyl (C=O) groups excluding carboxylic acids is 3. The second kappa shape index (κ2) is 12.3. The van der Waals surface area contributed by atoms with Gasteiger partial charge in [-0.05, 0) is 55.0 Å². The van der Waals surface area contributed by atoms with Gasteiger partial charge in [0.15, 0.2) is 0 Å². The van der Waals surface area contributed by atoms with E-state index in [2.05, 4.69) is 21.3 Å². The van der Waals surface area contributed by atoms with Crippen LogP contribution in [-0.4, -0.2) is 44.5 Å². The topological polar surface area (TPSA) is 109 Å². The van der Waals surface area contributed by atoms with Crippen molar-refractivity contribution in [3.63, 3.8) is 0 Å². The number of anilines is 3. The second-order valence-electron chi connectivity index (χ2n) is 7.30. The Bertz CT molecular complexity index is 864. The summed E-state index contributed by atoms with van der Waals surface area (Å²) in [7, 11) is 1.62. The van der Waals surface area contributed by atoms with Gasteiger partial charge in [0.1, 0.15) is 0 Å². The van der Waals surface area contributed by atoms with E-state index in [9.17, 15) is 14.4 Å². The molecule has 0 radical (unpaired) electrons. The molecule has 0 aliphatic heterocycles. The van der Waals surface area contributed by atoms with Gasteiger partial charge in [0, 0.05) is 48.8 Å². The van der Waals surface area contributed by atoms with E-state index in [-0.39, 0.29) is 30.2 Å². The first-order valence-electron chi connectivity index (χ1n) is 10.2. The number of hydrogen-bond donors (Lipinski definition) is 4. The third-order valence-electron chi connectivity index (χ3n) is 4.37. The second-order valence-corrected chi connectivity index (χ2v) is 7.30. The fourth-order valence-electron chi connectivity index (χ4n) is 2.57. The van der Waals surface area contributed by atoms with Crippen molar-refractivity contribution in [3.8, 4) is 0 Å². The molecule has 31 heavy (non-hydrogen) atoms. The van der Waals surface area contributed by atoms with Gasteiger partial charge >= 0.3 is 0 Å². The van der Waals surface area contributed by atoms with E-state index in [1.807, 2.05) is 13.8 Å². The third-order valence-corrected chi connectivity index (χ3v) is 4.37. The molecule has 0 saturated heterocycles. The van der Waals surface area contributed by atoms with Crippen LogP contribution in [0, 0.1) is 5.92 Å². The van der Waals surface area contributed by atoms with Gasteiger partial charge in [0.25, 0.3) is 5.91 Å². The maximum Gasteiger partial charge on any atom is 0.251 e. The van der Waals surface area contributed by atoms with Crippen molar-refractivity contribution in [1.29, 1.82) is 0 Å². The molecule has 0 aliphatic rings. The molecule has 8 heteroatoms. The van der Waals surface area contributed by atoms with Crippen molar-refractivity contribution in [2.24, 2.45) is 5.92 Å². The lowest BCUT2D eigenvalue weighted by molar-refractivity contribution is -0.119. The van der Waals surface area contributed by atoms with E-state index in [1.165, 1.54) is 0 Å². The summed E-state index contributed by atoms with van der Waals surface area (Å²) < 4.78 is 4.95. The van der Waals surface area contributed by atoms with Crippen LogP contribution in [0.5, 0.6) is 0 Å². The minimum Gasteiger partial charge on any atom is -0.385 e. The van der Waals surface area contributed by atoms with Crippen LogP contribution in [0.4, 0.5) is 17.1 Å². The van der Waals surface area contributed by atoms with Crippen LogP contribution in [-0.2, 0) is 14.3 Å². The van der Waals surface area contributed by atoms with Gasteiger partial charge in [-0.25, -0.2) is 0 Å². The Kier molecular flexibility index (Phi) is 9.51. The Hall–Kier alpha value is -3.39.